The van der Waals surface area contributed by atoms with Crippen LogP contribution in [0.4, 0.5) is 0 Å². The lowest BCUT2D eigenvalue weighted by molar-refractivity contribution is 0.233. The molecule has 0 bridgehead atoms. The van der Waals surface area contributed by atoms with Crippen molar-refractivity contribution in [2.75, 3.05) is 0 Å². The molecular weight excluding hydrogens is 238 g/mol. The molecule has 0 amide bonds. The van der Waals surface area contributed by atoms with Crippen LogP contribution in [0, 0.1) is 0 Å². The quantitative estimate of drug-likeness (QED) is 0.350. The van der Waals surface area contributed by atoms with Crippen LogP contribution in [-0.4, -0.2) is 23.1 Å². The molecule has 0 aromatic rings. The van der Waals surface area contributed by atoms with Gasteiger partial charge in [0.05, 0.1) is 0 Å². The highest BCUT2D eigenvalue weighted by Gasteiger charge is 2.33. The van der Waals surface area contributed by atoms with Gasteiger partial charge in [-0.1, -0.05) is 0 Å². The Kier molecular flexibility index (Phi) is 4.01. The van der Waals surface area contributed by atoms with E-state index in [2.05, 4.69) is 8.28 Å². The molecule has 0 spiro atoms. The second-order valence-corrected chi connectivity index (χ2v) is 5.02. The molecule has 0 saturated carbocycles. The molecule has 3 N–H and O–H groups in total. The maximum atomic E-state index is 10.3. The zero-order valence-corrected chi connectivity index (χ0v) is 7.82. The maximum absolute atomic E-state index is 10.3. The van der Waals surface area contributed by atoms with Gasteiger partial charge >= 0.3 is 15.6 Å². The lowest BCUT2D eigenvalue weighted by atomic mass is 15.7. The summed E-state index contributed by atoms with van der Waals surface area (Å²) >= 11 is 0. The summed E-state index contributed by atoms with van der Waals surface area (Å²) in [7, 11) is -14.2. The summed E-state index contributed by atoms with van der Waals surface area (Å²) in [5, 5.41) is 0. The summed E-state index contributed by atoms with van der Waals surface area (Å²) in [5.74, 6) is 0. The first-order chi connectivity index (χ1) is 5.12. The number of hydrogen-bond acceptors (Lipinski definition) is 6. The fourth-order valence-electron chi connectivity index (χ4n) is 0.234. The average Bonchev–Trinajstić information content (AvgIpc) is 1.48. The first-order valence-electron chi connectivity index (χ1n) is 2.06. The molecule has 0 aliphatic carbocycles. The standard InChI is InChI=1S/H4O9P2S/c1-10(2,3)8-11(4,5)9-12(6)7/h12H,(H,4,5)(H2,1,2,3). The van der Waals surface area contributed by atoms with Gasteiger partial charge in [-0.15, -0.1) is 0 Å². The first-order valence-corrected chi connectivity index (χ1v) is 6.18. The Hall–Kier alpha value is 0.210. The van der Waals surface area contributed by atoms with E-state index in [4.69, 9.17) is 14.7 Å². The number of rotatable bonds is 4. The molecule has 1 unspecified atom stereocenters. The van der Waals surface area contributed by atoms with Crippen LogP contribution in [-0.2, 0) is 28.4 Å². The predicted molar refractivity (Wildman–Crippen MR) is 34.4 cm³/mol. The van der Waals surface area contributed by atoms with Gasteiger partial charge in [-0.25, -0.2) is 17.5 Å². The van der Waals surface area contributed by atoms with Crippen LogP contribution >= 0.6 is 15.6 Å². The van der Waals surface area contributed by atoms with Crippen molar-refractivity contribution >= 4 is 26.6 Å². The lowest BCUT2D eigenvalue weighted by Gasteiger charge is -2.07. The van der Waals surface area contributed by atoms with Gasteiger partial charge in [0, 0.05) is 0 Å². The van der Waals surface area contributed by atoms with E-state index in [0.29, 0.717) is 0 Å². The normalized spacial score (nSPS) is 17.7. The fraction of sp³-hybridized carbons (Fsp3) is 0. The summed E-state index contributed by atoms with van der Waals surface area (Å²) in [4.78, 5) is 24.1. The van der Waals surface area contributed by atoms with Crippen molar-refractivity contribution in [3.8, 4) is 0 Å². The van der Waals surface area contributed by atoms with Crippen molar-refractivity contribution in [1.82, 2.24) is 0 Å². The summed E-state index contributed by atoms with van der Waals surface area (Å²) in [6, 6.07) is 0. The van der Waals surface area contributed by atoms with Gasteiger partial charge < -0.3 is 14.7 Å². The molecular formula is H4O9P2S. The van der Waals surface area contributed by atoms with Crippen molar-refractivity contribution in [3.63, 3.8) is 0 Å². The van der Waals surface area contributed by atoms with Crippen molar-refractivity contribution in [1.29, 1.82) is 0 Å². The van der Waals surface area contributed by atoms with E-state index < -0.39 is 26.6 Å². The Labute approximate surface area is 67.9 Å². The first kappa shape index (κ1) is 12.2. The molecule has 0 fully saturated rings. The minimum atomic E-state index is -5.25. The number of hydrogen-bond donors (Lipinski definition) is 4. The predicted octanol–water partition coefficient (Wildman–Crippen LogP) is -1.26. The molecule has 0 aliphatic rings. The van der Waals surface area contributed by atoms with Gasteiger partial charge in [0.25, 0.3) is 11.0 Å². The summed E-state index contributed by atoms with van der Waals surface area (Å²) < 4.78 is 45.7. The average molecular weight is 242 g/mol. The molecule has 0 aromatic heterocycles. The molecule has 74 valence electrons. The maximum Gasteiger partial charge on any atom is 0.495 e. The van der Waals surface area contributed by atoms with Crippen molar-refractivity contribution in [2.45, 2.75) is 0 Å². The Morgan fingerprint density at radius 2 is 1.50 bits per heavy atom. The summed E-state index contributed by atoms with van der Waals surface area (Å²) in [6.45, 7) is 0. The van der Waals surface area contributed by atoms with Crippen molar-refractivity contribution in [2.24, 2.45) is 0 Å². The third kappa shape index (κ3) is 6.89. The fourth-order valence-corrected chi connectivity index (χ4v) is 2.37. The van der Waals surface area contributed by atoms with E-state index >= 15 is 0 Å². The second-order valence-electron chi connectivity index (χ2n) is 1.35. The summed E-state index contributed by atoms with van der Waals surface area (Å²) in [5.41, 5.74) is 0. The zero-order valence-electron chi connectivity index (χ0n) is 5.13. The number of phosphoric acid groups is 2. The van der Waals surface area contributed by atoms with E-state index in [1.165, 1.54) is 0 Å². The molecule has 0 saturated heterocycles. The van der Waals surface area contributed by atoms with Gasteiger partial charge in [0.2, 0.25) is 0 Å². The van der Waals surface area contributed by atoms with Crippen LogP contribution < -0.4 is 0 Å². The smallest absolute Gasteiger partial charge is 0.302 e. The van der Waals surface area contributed by atoms with Crippen molar-refractivity contribution in [3.05, 3.63) is 0 Å². The van der Waals surface area contributed by atoms with E-state index in [-0.39, 0.29) is 0 Å². The monoisotopic (exact) mass is 242 g/mol. The Morgan fingerprint density at radius 1 is 1.08 bits per heavy atom. The van der Waals surface area contributed by atoms with E-state index in [1.807, 2.05) is 0 Å². The highest BCUT2D eigenvalue weighted by Crippen LogP contribution is 2.57. The molecule has 0 radical (unpaired) electrons. The SMILES string of the molecule is O=[SH](=O)OP(=O)(O)OP(=O)(O)O. The Morgan fingerprint density at radius 3 is 1.75 bits per heavy atom. The Balaban J connectivity index is 4.45. The minimum absolute atomic E-state index is 3.11. The van der Waals surface area contributed by atoms with Crippen LogP contribution in [0.3, 0.4) is 0 Å². The topological polar surface area (TPSA) is 147 Å². The second kappa shape index (κ2) is 3.95. The van der Waals surface area contributed by atoms with Crippen LogP contribution in [0.25, 0.3) is 0 Å². The van der Waals surface area contributed by atoms with Gasteiger partial charge in [-0.3, -0.25) is 0 Å². The molecule has 0 aliphatic heterocycles. The molecule has 1 atom stereocenters. The van der Waals surface area contributed by atoms with Gasteiger partial charge in [-0.2, -0.15) is 8.28 Å². The van der Waals surface area contributed by atoms with Crippen molar-refractivity contribution < 1.29 is 40.5 Å². The molecule has 0 heterocycles. The molecule has 0 aromatic carbocycles. The number of thiol groups is 1. The molecule has 0 rings (SSSR count). The summed E-state index contributed by atoms with van der Waals surface area (Å²) in [6.07, 6.45) is 0. The minimum Gasteiger partial charge on any atom is -0.302 e. The molecule has 12 heavy (non-hydrogen) atoms. The van der Waals surface area contributed by atoms with Crippen LogP contribution in [0.2, 0.25) is 0 Å². The van der Waals surface area contributed by atoms with Crippen LogP contribution in [0.1, 0.15) is 0 Å². The lowest BCUT2D eigenvalue weighted by Crippen LogP contribution is -1.91. The van der Waals surface area contributed by atoms with Gasteiger partial charge in [0.1, 0.15) is 0 Å². The highest BCUT2D eigenvalue weighted by molar-refractivity contribution is 7.75. The van der Waals surface area contributed by atoms with E-state index in [1.54, 1.807) is 0 Å². The molecule has 9 nitrogen and oxygen atoms in total. The largest absolute Gasteiger partial charge is 0.495 e. The van der Waals surface area contributed by atoms with E-state index in [0.717, 1.165) is 0 Å². The molecule has 12 heteroatoms. The third-order valence-corrected chi connectivity index (χ3v) is 3.41. The van der Waals surface area contributed by atoms with Gasteiger partial charge in [-0.05, 0) is 0 Å². The van der Waals surface area contributed by atoms with Crippen LogP contribution in [0.15, 0.2) is 0 Å². The zero-order chi connectivity index (χ0) is 9.99. The third-order valence-electron chi connectivity index (χ3n) is 0.379. The van der Waals surface area contributed by atoms with E-state index in [9.17, 15) is 17.5 Å². The van der Waals surface area contributed by atoms with Gasteiger partial charge in [0.15, 0.2) is 0 Å². The van der Waals surface area contributed by atoms with Crippen LogP contribution in [0.5, 0.6) is 0 Å². The Bertz CT molecular complexity index is 296. The highest BCUT2D eigenvalue weighted by atomic mass is 32.2.